The zero-order valence-corrected chi connectivity index (χ0v) is 14.7. The largest absolute Gasteiger partial charge is 0.350 e. The van der Waals surface area contributed by atoms with E-state index in [0.29, 0.717) is 0 Å². The molecule has 1 aromatic rings. The molecule has 1 aromatic carbocycles. The third kappa shape index (κ3) is 4.55. The molecule has 1 N–H and O–H groups in total. The second-order valence-electron chi connectivity index (χ2n) is 7.42. The predicted molar refractivity (Wildman–Crippen MR) is 92.5 cm³/mol. The molecule has 0 saturated heterocycles. The van der Waals surface area contributed by atoms with E-state index in [0.717, 1.165) is 12.1 Å². The van der Waals surface area contributed by atoms with Crippen LogP contribution in [0.25, 0.3) is 0 Å². The quantitative estimate of drug-likeness (QED) is 0.921. The molecule has 23 heavy (non-hydrogen) atoms. The van der Waals surface area contributed by atoms with Crippen molar-refractivity contribution in [3.05, 3.63) is 29.8 Å². The Labute approximate surface area is 138 Å². The molecule has 0 aliphatic carbocycles. The molecule has 126 valence electrons. The maximum absolute atomic E-state index is 12.6. The molecule has 0 spiro atoms. The molecule has 1 heterocycles. The van der Waals surface area contributed by atoms with E-state index in [1.54, 1.807) is 11.9 Å². The fourth-order valence-electron chi connectivity index (χ4n) is 3.01. The number of benzene rings is 1. The summed E-state index contributed by atoms with van der Waals surface area (Å²) in [7, 11) is 1.80. The first-order chi connectivity index (χ1) is 10.7. The normalized spacial score (nSPS) is 17.3. The van der Waals surface area contributed by atoms with Crippen molar-refractivity contribution in [2.45, 2.75) is 45.7 Å². The molecule has 1 aliphatic heterocycles. The van der Waals surface area contributed by atoms with Crippen LogP contribution in [0.3, 0.4) is 0 Å². The molecule has 1 atom stereocenters. The molecule has 0 saturated carbocycles. The van der Waals surface area contributed by atoms with E-state index in [4.69, 9.17) is 0 Å². The maximum atomic E-state index is 12.6. The molecular weight excluding hydrogens is 290 g/mol. The van der Waals surface area contributed by atoms with Gasteiger partial charge in [0, 0.05) is 17.3 Å². The van der Waals surface area contributed by atoms with Gasteiger partial charge in [0.1, 0.15) is 0 Å². The Morgan fingerprint density at radius 2 is 1.91 bits per heavy atom. The van der Waals surface area contributed by atoms with Gasteiger partial charge in [-0.2, -0.15) is 0 Å². The van der Waals surface area contributed by atoms with E-state index in [-0.39, 0.29) is 36.5 Å². The molecule has 2 rings (SSSR count). The van der Waals surface area contributed by atoms with Crippen LogP contribution in [0.5, 0.6) is 0 Å². The lowest BCUT2D eigenvalue weighted by Gasteiger charge is -2.26. The highest BCUT2D eigenvalue weighted by Gasteiger charge is 2.31. The highest BCUT2D eigenvalue weighted by molar-refractivity contribution is 5.97. The number of nitrogens with one attached hydrogen (secondary N) is 1. The summed E-state index contributed by atoms with van der Waals surface area (Å²) in [6.07, 6.45) is 0.885. The zero-order valence-electron chi connectivity index (χ0n) is 14.7. The average molecular weight is 317 g/mol. The number of carbonyl (C=O) groups is 2. The summed E-state index contributed by atoms with van der Waals surface area (Å²) in [5, 5.41) is 2.91. The van der Waals surface area contributed by atoms with Crippen molar-refractivity contribution < 1.29 is 9.59 Å². The van der Waals surface area contributed by atoms with Crippen molar-refractivity contribution >= 4 is 17.5 Å². The minimum absolute atomic E-state index is 0.0357. The first-order valence-electron chi connectivity index (χ1n) is 8.07. The first-order valence-corrected chi connectivity index (χ1v) is 8.07. The van der Waals surface area contributed by atoms with Crippen LogP contribution >= 0.6 is 0 Å². The Hall–Kier alpha value is -1.88. The lowest BCUT2D eigenvalue weighted by Crippen LogP contribution is -2.48. The lowest BCUT2D eigenvalue weighted by molar-refractivity contribution is -0.124. The number of carbonyl (C=O) groups excluding carboxylic acids is 2. The molecule has 0 fully saturated rings. The van der Waals surface area contributed by atoms with Gasteiger partial charge >= 0.3 is 0 Å². The van der Waals surface area contributed by atoms with Crippen LogP contribution in [0.15, 0.2) is 24.3 Å². The van der Waals surface area contributed by atoms with Crippen molar-refractivity contribution in [2.24, 2.45) is 0 Å². The fourth-order valence-corrected chi connectivity index (χ4v) is 3.01. The highest BCUT2D eigenvalue weighted by atomic mass is 16.2. The summed E-state index contributed by atoms with van der Waals surface area (Å²) >= 11 is 0. The summed E-state index contributed by atoms with van der Waals surface area (Å²) in [6, 6.07) is 8.18. The molecule has 5 heteroatoms. The van der Waals surface area contributed by atoms with Crippen molar-refractivity contribution in [3.8, 4) is 0 Å². The number of hydrogen-bond donors (Lipinski definition) is 1. The fraction of sp³-hybridized carbons (Fsp3) is 0.556. The molecule has 0 unspecified atom stereocenters. The molecule has 2 amide bonds. The van der Waals surface area contributed by atoms with Gasteiger partial charge in [0.25, 0.3) is 0 Å². The van der Waals surface area contributed by atoms with E-state index in [9.17, 15) is 9.59 Å². The van der Waals surface area contributed by atoms with E-state index in [1.165, 1.54) is 5.56 Å². The smallest absolute Gasteiger partial charge is 0.241 e. The third-order valence-electron chi connectivity index (χ3n) is 3.81. The summed E-state index contributed by atoms with van der Waals surface area (Å²) in [5.41, 5.74) is 1.95. The average Bonchev–Trinajstić information content (AvgIpc) is 2.71. The molecule has 0 radical (unpaired) electrons. The van der Waals surface area contributed by atoms with Crippen LogP contribution in [0.1, 0.15) is 33.3 Å². The van der Waals surface area contributed by atoms with E-state index in [2.05, 4.69) is 18.3 Å². The Kier molecular flexibility index (Phi) is 5.09. The monoisotopic (exact) mass is 317 g/mol. The van der Waals surface area contributed by atoms with Gasteiger partial charge in [-0.15, -0.1) is 0 Å². The van der Waals surface area contributed by atoms with Crippen LogP contribution in [-0.2, 0) is 16.0 Å². The summed E-state index contributed by atoms with van der Waals surface area (Å²) in [4.78, 5) is 28.2. The Morgan fingerprint density at radius 1 is 1.26 bits per heavy atom. The minimum atomic E-state index is -0.260. The van der Waals surface area contributed by atoms with E-state index in [1.807, 2.05) is 43.9 Å². The van der Waals surface area contributed by atoms with Gasteiger partial charge in [-0.3, -0.25) is 14.5 Å². The molecular formula is C18H27N3O2. The van der Waals surface area contributed by atoms with Gasteiger partial charge < -0.3 is 10.2 Å². The van der Waals surface area contributed by atoms with Crippen LogP contribution in [0, 0.1) is 0 Å². The van der Waals surface area contributed by atoms with Gasteiger partial charge in [0.2, 0.25) is 11.8 Å². The number of amides is 2. The Balaban J connectivity index is 1.95. The third-order valence-corrected chi connectivity index (χ3v) is 3.81. The number of rotatable bonds is 4. The van der Waals surface area contributed by atoms with Crippen LogP contribution in [0.4, 0.5) is 5.69 Å². The topological polar surface area (TPSA) is 52.7 Å². The molecule has 0 bridgehead atoms. The van der Waals surface area contributed by atoms with Gasteiger partial charge in [0.05, 0.1) is 13.1 Å². The van der Waals surface area contributed by atoms with E-state index < -0.39 is 0 Å². The minimum Gasteiger partial charge on any atom is -0.350 e. The van der Waals surface area contributed by atoms with Gasteiger partial charge in [-0.05, 0) is 52.8 Å². The summed E-state index contributed by atoms with van der Waals surface area (Å²) in [6.45, 7) is 8.34. The molecule has 0 aromatic heterocycles. The summed E-state index contributed by atoms with van der Waals surface area (Å²) < 4.78 is 0. The number of fused-ring (bicyclic) bond motifs is 1. The van der Waals surface area contributed by atoms with Crippen molar-refractivity contribution in [1.29, 1.82) is 0 Å². The van der Waals surface area contributed by atoms with Gasteiger partial charge in [0.15, 0.2) is 0 Å². The number of hydrogen-bond acceptors (Lipinski definition) is 3. The molecule has 5 nitrogen and oxygen atoms in total. The van der Waals surface area contributed by atoms with E-state index >= 15 is 0 Å². The highest BCUT2D eigenvalue weighted by Crippen LogP contribution is 2.31. The Bertz CT molecular complexity index is 592. The van der Waals surface area contributed by atoms with Gasteiger partial charge in [-0.1, -0.05) is 18.2 Å². The van der Waals surface area contributed by atoms with Crippen LogP contribution in [0.2, 0.25) is 0 Å². The van der Waals surface area contributed by atoms with Crippen molar-refractivity contribution in [2.75, 3.05) is 25.0 Å². The van der Waals surface area contributed by atoms with Crippen molar-refractivity contribution in [3.63, 3.8) is 0 Å². The van der Waals surface area contributed by atoms with Gasteiger partial charge in [-0.25, -0.2) is 0 Å². The van der Waals surface area contributed by atoms with Crippen molar-refractivity contribution in [1.82, 2.24) is 10.2 Å². The number of nitrogens with zero attached hydrogens (tertiary/aromatic N) is 2. The first kappa shape index (κ1) is 17.5. The maximum Gasteiger partial charge on any atom is 0.241 e. The standard InChI is InChI=1S/C18H27N3O2/c1-13-10-14-8-6-7-9-15(14)21(13)17(23)12-20(5)11-16(22)19-18(2,3)4/h6-9,13H,10-12H2,1-5H3,(H,19,22)/t13-/m0/s1. The number of likely N-dealkylation sites (N-methyl/N-ethyl adjacent to an activating group) is 1. The number of anilines is 1. The zero-order chi connectivity index (χ0) is 17.2. The van der Waals surface area contributed by atoms with Crippen LogP contribution < -0.4 is 10.2 Å². The van der Waals surface area contributed by atoms with Crippen LogP contribution in [-0.4, -0.2) is 48.4 Å². The SMILES string of the molecule is C[C@H]1Cc2ccccc2N1C(=O)CN(C)CC(=O)NC(C)(C)C. The predicted octanol–water partition coefficient (Wildman–Crippen LogP) is 1.81. The molecule has 1 aliphatic rings. The second-order valence-corrected chi connectivity index (χ2v) is 7.42. The lowest BCUT2D eigenvalue weighted by atomic mass is 10.1. The number of para-hydroxylation sites is 1. The Morgan fingerprint density at radius 3 is 2.57 bits per heavy atom. The summed E-state index contributed by atoms with van der Waals surface area (Å²) in [5.74, 6) is -0.0313. The second kappa shape index (κ2) is 6.71.